The van der Waals surface area contributed by atoms with Crippen molar-refractivity contribution in [2.75, 3.05) is 11.9 Å². The average molecular weight is 214 g/mol. The first kappa shape index (κ1) is 10.1. The first-order chi connectivity index (χ1) is 7.90. The van der Waals surface area contributed by atoms with Crippen LogP contribution in [-0.4, -0.2) is 26.5 Å². The molecule has 0 spiro atoms. The molecule has 16 heavy (non-hydrogen) atoms. The highest BCUT2D eigenvalue weighted by atomic mass is 15.3. The predicted molar refractivity (Wildman–Crippen MR) is 57.5 cm³/mol. The Hall–Kier alpha value is -2.42. The van der Waals surface area contributed by atoms with E-state index in [9.17, 15) is 0 Å². The molecule has 0 aliphatic carbocycles. The molecule has 0 amide bonds. The number of nitrogens with one attached hydrogen (secondary N) is 1. The van der Waals surface area contributed by atoms with E-state index in [1.807, 2.05) is 12.3 Å². The molecule has 1 N–H and O–H groups in total. The molecule has 0 fully saturated rings. The third-order valence-corrected chi connectivity index (χ3v) is 2.03. The molecule has 2 aromatic rings. The Morgan fingerprint density at radius 1 is 1.44 bits per heavy atom. The largest absolute Gasteiger partial charge is 0.366 e. The molecule has 0 aliphatic rings. The zero-order valence-electron chi connectivity index (χ0n) is 8.54. The number of hydrogen-bond acceptors (Lipinski definition) is 5. The number of nitrogens with zero attached hydrogens (tertiary/aromatic N) is 5. The molecular formula is C10H10N6. The number of anilines is 1. The van der Waals surface area contributed by atoms with Crippen LogP contribution in [-0.2, 0) is 6.54 Å². The van der Waals surface area contributed by atoms with Gasteiger partial charge in [0.1, 0.15) is 6.07 Å². The Labute approximate surface area is 92.5 Å². The molecule has 0 bridgehead atoms. The minimum absolute atomic E-state index is 0.496. The molecule has 2 aromatic heterocycles. The SMILES string of the molecule is N#Cc1ccnnc1NCCn1cccn1. The molecule has 0 aromatic carbocycles. The summed E-state index contributed by atoms with van der Waals surface area (Å²) >= 11 is 0. The van der Waals surface area contributed by atoms with Crippen LogP contribution in [0.3, 0.4) is 0 Å². The van der Waals surface area contributed by atoms with E-state index < -0.39 is 0 Å². The van der Waals surface area contributed by atoms with Gasteiger partial charge in [-0.3, -0.25) is 4.68 Å². The summed E-state index contributed by atoms with van der Waals surface area (Å²) in [4.78, 5) is 0. The monoisotopic (exact) mass is 214 g/mol. The Morgan fingerprint density at radius 2 is 2.38 bits per heavy atom. The van der Waals surface area contributed by atoms with Crippen molar-refractivity contribution in [2.24, 2.45) is 0 Å². The summed E-state index contributed by atoms with van der Waals surface area (Å²) in [6, 6.07) is 5.54. The van der Waals surface area contributed by atoms with Crippen molar-refractivity contribution in [1.29, 1.82) is 5.26 Å². The van der Waals surface area contributed by atoms with Crippen molar-refractivity contribution < 1.29 is 0 Å². The fraction of sp³-hybridized carbons (Fsp3) is 0.200. The van der Waals surface area contributed by atoms with Gasteiger partial charge in [-0.05, 0) is 12.1 Å². The summed E-state index contributed by atoms with van der Waals surface area (Å²) in [6.07, 6.45) is 5.10. The summed E-state index contributed by atoms with van der Waals surface area (Å²) in [7, 11) is 0. The highest BCUT2D eigenvalue weighted by molar-refractivity contribution is 5.49. The highest BCUT2D eigenvalue weighted by Gasteiger charge is 2.01. The van der Waals surface area contributed by atoms with Crippen LogP contribution < -0.4 is 5.32 Å². The van der Waals surface area contributed by atoms with Gasteiger partial charge in [0.05, 0.1) is 18.3 Å². The summed E-state index contributed by atoms with van der Waals surface area (Å²) in [5.74, 6) is 0.511. The minimum atomic E-state index is 0.496. The summed E-state index contributed by atoms with van der Waals surface area (Å²) in [5.41, 5.74) is 0.496. The van der Waals surface area contributed by atoms with Crippen molar-refractivity contribution in [3.63, 3.8) is 0 Å². The van der Waals surface area contributed by atoms with Gasteiger partial charge in [0.2, 0.25) is 0 Å². The summed E-state index contributed by atoms with van der Waals surface area (Å²) in [5, 5.41) is 23.5. The van der Waals surface area contributed by atoms with E-state index in [1.165, 1.54) is 6.20 Å². The molecule has 6 nitrogen and oxygen atoms in total. The van der Waals surface area contributed by atoms with Crippen molar-refractivity contribution in [3.05, 3.63) is 36.3 Å². The summed E-state index contributed by atoms with van der Waals surface area (Å²) < 4.78 is 1.80. The maximum absolute atomic E-state index is 8.83. The lowest BCUT2D eigenvalue weighted by molar-refractivity contribution is 0.636. The van der Waals surface area contributed by atoms with Crippen molar-refractivity contribution in [2.45, 2.75) is 6.54 Å². The molecule has 6 heteroatoms. The van der Waals surface area contributed by atoms with E-state index in [-0.39, 0.29) is 0 Å². The van der Waals surface area contributed by atoms with E-state index in [1.54, 1.807) is 16.9 Å². The lowest BCUT2D eigenvalue weighted by atomic mass is 10.3. The number of aromatic nitrogens is 4. The zero-order valence-corrected chi connectivity index (χ0v) is 8.54. The smallest absolute Gasteiger partial charge is 0.166 e. The second-order valence-electron chi connectivity index (χ2n) is 3.10. The second-order valence-corrected chi connectivity index (χ2v) is 3.10. The maximum atomic E-state index is 8.83. The van der Waals surface area contributed by atoms with Gasteiger partial charge >= 0.3 is 0 Å². The van der Waals surface area contributed by atoms with Crippen molar-refractivity contribution in [3.8, 4) is 6.07 Å². The van der Waals surface area contributed by atoms with Gasteiger partial charge in [-0.25, -0.2) is 0 Å². The van der Waals surface area contributed by atoms with Gasteiger partial charge in [0, 0.05) is 18.9 Å². The number of nitriles is 1. The molecule has 0 radical (unpaired) electrons. The van der Waals surface area contributed by atoms with Gasteiger partial charge in [-0.15, -0.1) is 5.10 Å². The highest BCUT2D eigenvalue weighted by Crippen LogP contribution is 2.07. The van der Waals surface area contributed by atoms with Crippen molar-refractivity contribution >= 4 is 5.82 Å². The van der Waals surface area contributed by atoms with E-state index in [0.717, 1.165) is 0 Å². The lowest BCUT2D eigenvalue weighted by Gasteiger charge is -2.05. The van der Waals surface area contributed by atoms with E-state index in [4.69, 9.17) is 5.26 Å². The molecule has 0 atom stereocenters. The topological polar surface area (TPSA) is 79.4 Å². The Morgan fingerprint density at radius 3 is 3.12 bits per heavy atom. The van der Waals surface area contributed by atoms with Gasteiger partial charge < -0.3 is 5.32 Å². The first-order valence-electron chi connectivity index (χ1n) is 4.83. The molecule has 2 heterocycles. The van der Waals surface area contributed by atoms with Crippen LogP contribution in [0.1, 0.15) is 5.56 Å². The molecule has 0 saturated carbocycles. The third-order valence-electron chi connectivity index (χ3n) is 2.03. The summed E-state index contributed by atoms with van der Waals surface area (Å²) in [6.45, 7) is 1.36. The maximum Gasteiger partial charge on any atom is 0.166 e. The molecule has 2 rings (SSSR count). The second kappa shape index (κ2) is 4.89. The normalized spacial score (nSPS) is 9.69. The zero-order chi connectivity index (χ0) is 11.2. The lowest BCUT2D eigenvalue weighted by Crippen LogP contribution is -2.12. The molecule has 80 valence electrons. The Balaban J connectivity index is 1.93. The standard InChI is InChI=1S/C10H10N6/c11-8-9-2-4-13-15-10(9)12-5-7-16-6-1-3-14-16/h1-4,6H,5,7H2,(H,12,15). The Kier molecular flexibility index (Phi) is 3.09. The van der Waals surface area contributed by atoms with Gasteiger partial charge in [-0.2, -0.15) is 15.5 Å². The van der Waals surface area contributed by atoms with Crippen LogP contribution >= 0.6 is 0 Å². The number of hydrogen-bond donors (Lipinski definition) is 1. The quantitative estimate of drug-likeness (QED) is 0.808. The van der Waals surface area contributed by atoms with E-state index in [2.05, 4.69) is 26.7 Å². The minimum Gasteiger partial charge on any atom is -0.366 e. The average Bonchev–Trinajstić information content (AvgIpc) is 2.83. The van der Waals surface area contributed by atoms with Crippen LogP contribution in [0, 0.1) is 11.3 Å². The van der Waals surface area contributed by atoms with Gasteiger partial charge in [0.25, 0.3) is 0 Å². The van der Waals surface area contributed by atoms with Gasteiger partial charge in [0.15, 0.2) is 5.82 Å². The molecule has 0 unspecified atom stereocenters. The van der Waals surface area contributed by atoms with Crippen LogP contribution in [0.2, 0.25) is 0 Å². The first-order valence-corrected chi connectivity index (χ1v) is 4.83. The fourth-order valence-electron chi connectivity index (χ4n) is 1.27. The van der Waals surface area contributed by atoms with Gasteiger partial charge in [-0.1, -0.05) is 0 Å². The third kappa shape index (κ3) is 2.33. The molecule has 0 saturated heterocycles. The van der Waals surface area contributed by atoms with Crippen LogP contribution in [0.25, 0.3) is 0 Å². The fourth-order valence-corrected chi connectivity index (χ4v) is 1.27. The van der Waals surface area contributed by atoms with Crippen molar-refractivity contribution in [1.82, 2.24) is 20.0 Å². The van der Waals surface area contributed by atoms with E-state index >= 15 is 0 Å². The molecule has 0 aliphatic heterocycles. The Bertz CT molecular complexity index is 484. The van der Waals surface area contributed by atoms with Crippen LogP contribution in [0.15, 0.2) is 30.7 Å². The van der Waals surface area contributed by atoms with Crippen LogP contribution in [0.4, 0.5) is 5.82 Å². The van der Waals surface area contributed by atoms with E-state index in [0.29, 0.717) is 24.5 Å². The predicted octanol–water partition coefficient (Wildman–Crippen LogP) is 0.657. The molecular weight excluding hydrogens is 204 g/mol. The number of rotatable bonds is 4. The van der Waals surface area contributed by atoms with Crippen LogP contribution in [0.5, 0.6) is 0 Å².